The van der Waals surface area contributed by atoms with E-state index in [1.807, 2.05) is 0 Å². The third kappa shape index (κ3) is 9.08. The number of piperazine rings is 2. The Hall–Kier alpha value is -3.63. The Bertz CT molecular complexity index is 1540. The fourth-order valence-corrected chi connectivity index (χ4v) is 7.47. The van der Waals surface area contributed by atoms with Crippen LogP contribution in [-0.2, 0) is 9.47 Å². The maximum absolute atomic E-state index is 12.7. The molecule has 0 bridgehead atoms. The van der Waals surface area contributed by atoms with E-state index in [2.05, 4.69) is 76.0 Å². The number of hydrogen-bond acceptors (Lipinski definition) is 9. The maximum atomic E-state index is 12.7. The van der Waals surface area contributed by atoms with Gasteiger partial charge in [-0.25, -0.2) is 9.59 Å². The van der Waals surface area contributed by atoms with Crippen LogP contribution >= 0.6 is 0 Å². The molecule has 1 unspecified atom stereocenters. The summed E-state index contributed by atoms with van der Waals surface area (Å²) in [5.74, 6) is -0.0870. The largest absolute Gasteiger partial charge is 0.461 e. The average molecular weight is 654 g/mol. The molecule has 9 heteroatoms. The van der Waals surface area contributed by atoms with E-state index in [9.17, 15) is 9.59 Å². The topological polar surface area (TPSA) is 77.9 Å². The summed E-state index contributed by atoms with van der Waals surface area (Å²) in [7, 11) is 2.12. The highest BCUT2D eigenvalue weighted by Gasteiger charge is 2.34. The molecular formula is C39H51N5O4. The molecule has 2 aliphatic heterocycles. The van der Waals surface area contributed by atoms with Gasteiger partial charge < -0.3 is 14.4 Å². The minimum absolute atomic E-state index is 0.337. The third-order valence-corrected chi connectivity index (χ3v) is 10.3. The highest BCUT2D eigenvalue weighted by atomic mass is 16.5. The van der Waals surface area contributed by atoms with Crippen molar-refractivity contribution < 1.29 is 19.1 Å². The molecule has 0 radical (unpaired) electrons. The Kier molecular flexibility index (Phi) is 11.9. The number of likely N-dealkylation sites (N-methyl/N-ethyl adjacent to an activating group) is 1. The van der Waals surface area contributed by atoms with Crippen LogP contribution in [-0.4, -0.2) is 129 Å². The second kappa shape index (κ2) is 16.7. The average Bonchev–Trinajstić information content (AvgIpc) is 3.64. The van der Waals surface area contributed by atoms with Crippen molar-refractivity contribution in [2.45, 2.75) is 38.6 Å². The predicted octanol–water partition coefficient (Wildman–Crippen LogP) is 5.37. The molecule has 1 atom stereocenters. The molecule has 2 saturated heterocycles. The molecule has 256 valence electrons. The maximum Gasteiger partial charge on any atom is 0.338 e. The summed E-state index contributed by atoms with van der Waals surface area (Å²) in [6, 6.07) is 21.9. The van der Waals surface area contributed by atoms with Gasteiger partial charge in [-0.15, -0.1) is 0 Å². The fourth-order valence-electron chi connectivity index (χ4n) is 7.47. The van der Waals surface area contributed by atoms with Crippen LogP contribution < -0.4 is 0 Å². The van der Waals surface area contributed by atoms with Crippen LogP contribution in [0, 0.1) is 5.92 Å². The van der Waals surface area contributed by atoms with Gasteiger partial charge in [0.05, 0.1) is 22.9 Å². The van der Waals surface area contributed by atoms with E-state index < -0.39 is 0 Å². The lowest BCUT2D eigenvalue weighted by Gasteiger charge is -2.41. The minimum Gasteiger partial charge on any atom is -0.461 e. The molecule has 0 amide bonds. The van der Waals surface area contributed by atoms with Gasteiger partial charge >= 0.3 is 11.9 Å². The molecule has 1 saturated carbocycles. The van der Waals surface area contributed by atoms with Crippen molar-refractivity contribution in [1.82, 2.24) is 19.6 Å². The summed E-state index contributed by atoms with van der Waals surface area (Å²) in [5.41, 5.74) is 3.12. The first-order valence-electron chi connectivity index (χ1n) is 17.8. The molecule has 1 aliphatic carbocycles. The van der Waals surface area contributed by atoms with E-state index in [0.29, 0.717) is 42.8 Å². The van der Waals surface area contributed by atoms with Crippen molar-refractivity contribution in [2.24, 2.45) is 10.9 Å². The summed E-state index contributed by atoms with van der Waals surface area (Å²) in [5, 5.41) is 2.47. The van der Waals surface area contributed by atoms with E-state index in [-0.39, 0.29) is 11.9 Å². The van der Waals surface area contributed by atoms with Gasteiger partial charge in [-0.1, -0.05) is 43.2 Å². The Morgan fingerprint density at radius 1 is 0.729 bits per heavy atom. The van der Waals surface area contributed by atoms with E-state index in [1.165, 1.54) is 42.2 Å². The molecule has 0 N–H and O–H groups in total. The van der Waals surface area contributed by atoms with Gasteiger partial charge in [-0.2, -0.15) is 0 Å². The second-order valence-electron chi connectivity index (χ2n) is 13.6. The highest BCUT2D eigenvalue weighted by molar-refractivity contribution is 5.93. The van der Waals surface area contributed by atoms with Crippen molar-refractivity contribution >= 4 is 34.1 Å². The molecule has 48 heavy (non-hydrogen) atoms. The number of hydrogen-bond donors (Lipinski definition) is 0. The summed E-state index contributed by atoms with van der Waals surface area (Å²) in [6.45, 7) is 12.2. The van der Waals surface area contributed by atoms with Crippen LogP contribution in [0.15, 0.2) is 71.7 Å². The summed E-state index contributed by atoms with van der Waals surface area (Å²) < 4.78 is 11.1. The second-order valence-corrected chi connectivity index (χ2v) is 13.6. The quantitative estimate of drug-likeness (QED) is 0.191. The summed E-state index contributed by atoms with van der Waals surface area (Å²) in [4.78, 5) is 40.0. The lowest BCUT2D eigenvalue weighted by molar-refractivity contribution is 0.0394. The first-order valence-corrected chi connectivity index (χ1v) is 17.8. The van der Waals surface area contributed by atoms with E-state index in [0.717, 1.165) is 64.6 Å². The summed E-state index contributed by atoms with van der Waals surface area (Å²) >= 11 is 0. The van der Waals surface area contributed by atoms with E-state index in [4.69, 9.17) is 14.5 Å². The van der Waals surface area contributed by atoms with Crippen LogP contribution in [0.2, 0.25) is 0 Å². The lowest BCUT2D eigenvalue weighted by atomic mass is 9.92. The van der Waals surface area contributed by atoms with Gasteiger partial charge in [-0.05, 0) is 79.9 Å². The zero-order valence-electron chi connectivity index (χ0n) is 28.7. The molecule has 9 nitrogen and oxygen atoms in total. The Morgan fingerprint density at radius 2 is 1.27 bits per heavy atom. The number of benzene rings is 3. The van der Waals surface area contributed by atoms with Crippen LogP contribution in [0.5, 0.6) is 0 Å². The molecule has 3 fully saturated rings. The number of carbonyl (C=O) groups excluding carboxylic acids is 2. The van der Waals surface area contributed by atoms with Crippen molar-refractivity contribution in [3.05, 3.63) is 77.9 Å². The smallest absolute Gasteiger partial charge is 0.338 e. The van der Waals surface area contributed by atoms with Crippen LogP contribution in [0.3, 0.4) is 0 Å². The van der Waals surface area contributed by atoms with Crippen LogP contribution in [0.4, 0.5) is 5.69 Å². The van der Waals surface area contributed by atoms with Crippen molar-refractivity contribution in [3.8, 4) is 0 Å². The summed E-state index contributed by atoms with van der Waals surface area (Å²) in [6.07, 6.45) is 5.15. The first kappa shape index (κ1) is 34.2. The molecule has 3 aliphatic rings. The Balaban J connectivity index is 0.941. The number of aliphatic imine (C=N–C) groups is 1. The normalized spacial score (nSPS) is 19.8. The number of fused-ring (bicyclic) bond motifs is 1. The standard InChI is InChI=1S/C39H51N5O4/c1-30(40-36-16-15-31-7-3-6-10-35(31)29-36)37(32-8-4-5-9-32)44-23-21-43(22-24-44)26-28-48-39(46)34-13-11-33(12-14-34)38(45)47-27-25-42-19-17-41(2)18-20-42/h3,6-7,10-16,29,32,37H,4-5,8-9,17-28H2,1-2H3. The minimum atomic E-state index is -0.370. The van der Waals surface area contributed by atoms with Gasteiger partial charge in [0.2, 0.25) is 0 Å². The molecule has 6 rings (SSSR count). The molecule has 2 heterocycles. The van der Waals surface area contributed by atoms with Gasteiger partial charge in [0.15, 0.2) is 0 Å². The predicted molar refractivity (Wildman–Crippen MR) is 191 cm³/mol. The molecule has 3 aromatic carbocycles. The van der Waals surface area contributed by atoms with Gasteiger partial charge in [0.1, 0.15) is 13.2 Å². The lowest BCUT2D eigenvalue weighted by Crippen LogP contribution is -2.54. The zero-order valence-corrected chi connectivity index (χ0v) is 28.7. The molecule has 0 spiro atoms. The van der Waals surface area contributed by atoms with Crippen molar-refractivity contribution in [3.63, 3.8) is 0 Å². The van der Waals surface area contributed by atoms with E-state index >= 15 is 0 Å². The Morgan fingerprint density at radius 3 is 1.85 bits per heavy atom. The zero-order chi connectivity index (χ0) is 33.3. The van der Waals surface area contributed by atoms with Crippen molar-refractivity contribution in [2.75, 3.05) is 85.7 Å². The Labute approximate surface area is 285 Å². The van der Waals surface area contributed by atoms with Gasteiger partial charge in [0, 0.05) is 71.2 Å². The van der Waals surface area contributed by atoms with Crippen LogP contribution in [0.1, 0.15) is 53.3 Å². The highest BCUT2D eigenvalue weighted by Crippen LogP contribution is 2.33. The molecule has 3 aromatic rings. The van der Waals surface area contributed by atoms with Crippen molar-refractivity contribution in [1.29, 1.82) is 0 Å². The number of esters is 2. The first-order chi connectivity index (χ1) is 23.4. The van der Waals surface area contributed by atoms with Gasteiger partial charge in [-0.3, -0.25) is 19.7 Å². The monoisotopic (exact) mass is 653 g/mol. The third-order valence-electron chi connectivity index (χ3n) is 10.3. The number of carbonyl (C=O) groups is 2. The number of nitrogens with zero attached hydrogens (tertiary/aromatic N) is 5. The fraction of sp³-hybridized carbons (Fsp3) is 0.513. The SMILES string of the molecule is CC(=Nc1ccc2ccccc2c1)C(C1CCCC1)N1CCN(CCOC(=O)c2ccc(C(=O)OCCN3CCN(C)CC3)cc2)CC1. The number of rotatable bonds is 12. The van der Waals surface area contributed by atoms with E-state index in [1.54, 1.807) is 24.3 Å². The van der Waals surface area contributed by atoms with Gasteiger partial charge in [0.25, 0.3) is 0 Å². The molecular weight excluding hydrogens is 602 g/mol. The molecule has 0 aromatic heterocycles. The van der Waals surface area contributed by atoms with Crippen LogP contribution in [0.25, 0.3) is 10.8 Å². The number of ether oxygens (including phenoxy) is 2.